The van der Waals surface area contributed by atoms with E-state index in [2.05, 4.69) is 10.4 Å². The summed E-state index contributed by atoms with van der Waals surface area (Å²) in [5.41, 5.74) is 3.41. The molecule has 1 amide bonds. The molecule has 0 unspecified atom stereocenters. The Hall–Kier alpha value is -4.19. The van der Waals surface area contributed by atoms with E-state index in [9.17, 15) is 9.59 Å². The normalized spacial score (nSPS) is 11.1. The van der Waals surface area contributed by atoms with Crippen LogP contribution >= 0.6 is 0 Å². The second-order valence-corrected chi connectivity index (χ2v) is 7.64. The van der Waals surface area contributed by atoms with E-state index in [1.807, 2.05) is 100 Å². The minimum atomic E-state index is -0.105. The number of nitrogens with one attached hydrogen (secondary N) is 1. The number of hydrogen-bond acceptors (Lipinski definition) is 3. The van der Waals surface area contributed by atoms with Crippen LogP contribution in [-0.2, 0) is 17.8 Å². The zero-order valence-electron chi connectivity index (χ0n) is 17.4. The van der Waals surface area contributed by atoms with E-state index >= 15 is 0 Å². The van der Waals surface area contributed by atoms with Crippen LogP contribution in [0.4, 0.5) is 0 Å². The molecule has 158 valence electrons. The number of fused-ring (bicyclic) bond motifs is 2. The molecule has 0 atom stereocenters. The lowest BCUT2D eigenvalue weighted by Gasteiger charge is -2.15. The van der Waals surface area contributed by atoms with E-state index in [0.717, 1.165) is 22.4 Å². The Labute approximate surface area is 184 Å². The molecule has 1 N–H and O–H groups in total. The third-order valence-corrected chi connectivity index (χ3v) is 5.55. The lowest BCUT2D eigenvalue weighted by molar-refractivity contribution is -0.121. The van der Waals surface area contributed by atoms with Crippen LogP contribution < -0.4 is 10.7 Å². The molecule has 2 aromatic heterocycles. The number of benzene rings is 3. The van der Waals surface area contributed by atoms with Crippen molar-refractivity contribution in [1.29, 1.82) is 0 Å². The zero-order chi connectivity index (χ0) is 21.9. The molecule has 5 rings (SSSR count). The molecule has 0 saturated heterocycles. The smallest absolute Gasteiger partial charge is 0.239 e. The zero-order valence-corrected chi connectivity index (χ0v) is 17.4. The van der Waals surface area contributed by atoms with Crippen molar-refractivity contribution in [2.24, 2.45) is 0 Å². The summed E-state index contributed by atoms with van der Waals surface area (Å²) in [7, 11) is 0. The van der Waals surface area contributed by atoms with Gasteiger partial charge in [0.25, 0.3) is 0 Å². The maximum absolute atomic E-state index is 12.8. The lowest BCUT2D eigenvalue weighted by atomic mass is 10.1. The van der Waals surface area contributed by atoms with Gasteiger partial charge in [0.2, 0.25) is 5.91 Å². The molecule has 3 aromatic carbocycles. The van der Waals surface area contributed by atoms with Gasteiger partial charge in [-0.1, -0.05) is 42.5 Å². The van der Waals surface area contributed by atoms with Gasteiger partial charge in [-0.05, 0) is 42.5 Å². The predicted octanol–water partition coefficient (Wildman–Crippen LogP) is 3.70. The Morgan fingerprint density at radius 3 is 2.12 bits per heavy atom. The number of carbonyl (C=O) groups is 1. The fourth-order valence-electron chi connectivity index (χ4n) is 4.00. The molecule has 0 aliphatic heterocycles. The number of para-hydroxylation sites is 3. The van der Waals surface area contributed by atoms with E-state index in [1.165, 1.54) is 0 Å². The van der Waals surface area contributed by atoms with Crippen LogP contribution in [0.1, 0.15) is 5.69 Å². The summed E-state index contributed by atoms with van der Waals surface area (Å²) in [6.45, 7) is 0.625. The van der Waals surface area contributed by atoms with E-state index in [-0.39, 0.29) is 17.9 Å². The summed E-state index contributed by atoms with van der Waals surface area (Å²) in [4.78, 5) is 25.6. The molecule has 2 heterocycles. The highest BCUT2D eigenvalue weighted by Crippen LogP contribution is 2.19. The van der Waals surface area contributed by atoms with Gasteiger partial charge < -0.3 is 9.88 Å². The molecular formula is C26H22N4O2. The lowest BCUT2D eigenvalue weighted by Crippen LogP contribution is -2.30. The van der Waals surface area contributed by atoms with Crippen molar-refractivity contribution in [3.8, 4) is 5.69 Å². The molecule has 5 aromatic rings. The number of pyridine rings is 1. The highest BCUT2D eigenvalue weighted by molar-refractivity contribution is 5.94. The molecule has 6 nitrogen and oxygen atoms in total. The third kappa shape index (κ3) is 3.78. The number of hydrogen-bond donors (Lipinski definition) is 1. The number of aromatic nitrogens is 3. The first-order valence-electron chi connectivity index (χ1n) is 10.6. The van der Waals surface area contributed by atoms with E-state index < -0.39 is 0 Å². The van der Waals surface area contributed by atoms with Crippen molar-refractivity contribution in [1.82, 2.24) is 19.7 Å². The second kappa shape index (κ2) is 8.51. The molecule has 0 aliphatic carbocycles. The fraction of sp³-hybridized carbons (Fsp3) is 0.115. The Bertz CT molecular complexity index is 1410. The summed E-state index contributed by atoms with van der Waals surface area (Å²) < 4.78 is 3.74. The van der Waals surface area contributed by atoms with Gasteiger partial charge in [0.1, 0.15) is 6.54 Å². The molecule has 0 radical (unpaired) electrons. The topological polar surface area (TPSA) is 68.9 Å². The minimum absolute atomic E-state index is 0.0122. The monoisotopic (exact) mass is 422 g/mol. The summed E-state index contributed by atoms with van der Waals surface area (Å²) in [5, 5.41) is 8.80. The Morgan fingerprint density at radius 2 is 1.44 bits per heavy atom. The van der Waals surface area contributed by atoms with Crippen molar-refractivity contribution in [2.45, 2.75) is 13.0 Å². The van der Waals surface area contributed by atoms with Crippen molar-refractivity contribution in [2.75, 3.05) is 6.54 Å². The van der Waals surface area contributed by atoms with Crippen LogP contribution in [0.15, 0.2) is 95.9 Å². The van der Waals surface area contributed by atoms with Crippen molar-refractivity contribution < 1.29 is 4.79 Å². The number of rotatable bonds is 6. The molecule has 0 aliphatic rings. The van der Waals surface area contributed by atoms with Gasteiger partial charge in [-0.25, -0.2) is 4.68 Å². The molecular weight excluding hydrogens is 400 g/mol. The Kier molecular flexibility index (Phi) is 5.25. The van der Waals surface area contributed by atoms with Gasteiger partial charge in [-0.2, -0.15) is 5.10 Å². The molecule has 0 bridgehead atoms. The molecule has 0 spiro atoms. The average molecular weight is 422 g/mol. The summed E-state index contributed by atoms with van der Waals surface area (Å²) in [6.07, 6.45) is 2.56. The molecule has 0 fully saturated rings. The van der Waals surface area contributed by atoms with Crippen molar-refractivity contribution in [3.05, 3.63) is 107 Å². The average Bonchev–Trinajstić information content (AvgIpc) is 3.31. The quantitative estimate of drug-likeness (QED) is 0.424. The first kappa shape index (κ1) is 19.8. The van der Waals surface area contributed by atoms with E-state index in [0.29, 0.717) is 23.7 Å². The van der Waals surface area contributed by atoms with Gasteiger partial charge >= 0.3 is 0 Å². The maximum Gasteiger partial charge on any atom is 0.239 e. The first-order valence-corrected chi connectivity index (χ1v) is 10.6. The highest BCUT2D eigenvalue weighted by atomic mass is 16.2. The van der Waals surface area contributed by atoms with Crippen LogP contribution in [-0.4, -0.2) is 26.8 Å². The second-order valence-electron chi connectivity index (χ2n) is 7.64. The highest BCUT2D eigenvalue weighted by Gasteiger charge is 2.12. The minimum Gasteiger partial charge on any atom is -0.354 e. The third-order valence-electron chi connectivity index (χ3n) is 5.55. The molecule has 6 heteroatoms. The van der Waals surface area contributed by atoms with Crippen LogP contribution in [0.25, 0.3) is 27.5 Å². The number of amides is 1. The van der Waals surface area contributed by atoms with Gasteiger partial charge in [0.05, 0.1) is 22.4 Å². The van der Waals surface area contributed by atoms with Gasteiger partial charge in [0.15, 0.2) is 5.43 Å². The Balaban J connectivity index is 1.31. The standard InChI is InChI=1S/C26H22N4O2/c31-25(27-16-14-19-15-17-30(28-19)20-8-2-1-3-9-20)18-29-23-12-6-4-10-21(23)26(32)22-11-5-7-13-24(22)29/h1-13,15,17H,14,16,18H2,(H,27,31). The number of nitrogens with zero attached hydrogens (tertiary/aromatic N) is 3. The first-order chi connectivity index (χ1) is 15.7. The summed E-state index contributed by atoms with van der Waals surface area (Å²) >= 11 is 0. The van der Waals surface area contributed by atoms with Crippen molar-refractivity contribution in [3.63, 3.8) is 0 Å². The molecule has 0 saturated carbocycles. The predicted molar refractivity (Wildman–Crippen MR) is 126 cm³/mol. The van der Waals surface area contributed by atoms with E-state index in [1.54, 1.807) is 0 Å². The van der Waals surface area contributed by atoms with Crippen LogP contribution in [0.3, 0.4) is 0 Å². The molecule has 32 heavy (non-hydrogen) atoms. The van der Waals surface area contributed by atoms with Gasteiger partial charge in [-0.15, -0.1) is 0 Å². The van der Waals surface area contributed by atoms with E-state index in [4.69, 9.17) is 0 Å². The Morgan fingerprint density at radius 1 is 0.812 bits per heavy atom. The summed E-state index contributed by atoms with van der Waals surface area (Å²) in [6, 6.07) is 26.7. The summed E-state index contributed by atoms with van der Waals surface area (Å²) in [5.74, 6) is -0.105. The fourth-order valence-corrected chi connectivity index (χ4v) is 4.00. The SMILES string of the molecule is O=C(Cn1c2ccccc2c(=O)c2ccccc21)NCCc1ccn(-c2ccccc2)n1. The maximum atomic E-state index is 12.8. The van der Waals surface area contributed by atoms with Crippen molar-refractivity contribution >= 4 is 27.7 Å². The van der Waals surface area contributed by atoms with Crippen LogP contribution in [0.5, 0.6) is 0 Å². The van der Waals surface area contributed by atoms with Crippen LogP contribution in [0, 0.1) is 0 Å². The van der Waals surface area contributed by atoms with Crippen LogP contribution in [0.2, 0.25) is 0 Å². The van der Waals surface area contributed by atoms with Gasteiger partial charge in [0, 0.05) is 29.9 Å². The number of carbonyl (C=O) groups excluding carboxylic acids is 1. The largest absolute Gasteiger partial charge is 0.354 e. The van der Waals surface area contributed by atoms with Gasteiger partial charge in [-0.3, -0.25) is 9.59 Å².